The molecule has 1 heterocycles. The lowest BCUT2D eigenvalue weighted by molar-refractivity contribution is 0.305. The summed E-state index contributed by atoms with van der Waals surface area (Å²) in [7, 11) is 0. The summed E-state index contributed by atoms with van der Waals surface area (Å²) in [5.74, 6) is 1.76. The molecule has 0 amide bonds. The molecule has 252 valence electrons. The van der Waals surface area contributed by atoms with E-state index in [1.807, 2.05) is 72.8 Å². The second kappa shape index (κ2) is 19.2. The summed E-state index contributed by atoms with van der Waals surface area (Å²) in [6.07, 6.45) is 9.61. The normalized spacial score (nSPS) is 13.5. The summed E-state index contributed by atoms with van der Waals surface area (Å²) in [5.41, 5.74) is 5.71. The van der Waals surface area contributed by atoms with E-state index in [2.05, 4.69) is 68.4 Å². The van der Waals surface area contributed by atoms with E-state index in [4.69, 9.17) is 9.47 Å². The Balaban J connectivity index is 1.03. The summed E-state index contributed by atoms with van der Waals surface area (Å²) >= 11 is 0. The predicted octanol–water partition coefficient (Wildman–Crippen LogP) is 11.8. The van der Waals surface area contributed by atoms with Crippen molar-refractivity contribution in [1.82, 2.24) is 0 Å². The fourth-order valence-corrected chi connectivity index (χ4v) is 5.57. The molecule has 8 heteroatoms. The number of benzene rings is 4. The fourth-order valence-electron chi connectivity index (χ4n) is 5.57. The minimum Gasteiger partial charge on any atom is -0.494 e. The summed E-state index contributed by atoms with van der Waals surface area (Å²) in [5, 5.41) is 17.7. The van der Waals surface area contributed by atoms with Crippen molar-refractivity contribution in [3.05, 3.63) is 97.1 Å². The van der Waals surface area contributed by atoms with Crippen LogP contribution in [-0.2, 0) is 0 Å². The Morgan fingerprint density at radius 1 is 0.417 bits per heavy atom. The minimum atomic E-state index is 0.760. The third kappa shape index (κ3) is 11.2. The molecule has 0 atom stereocenters. The highest BCUT2D eigenvalue weighted by Gasteiger charge is 2.17. The van der Waals surface area contributed by atoms with Crippen LogP contribution in [0.3, 0.4) is 0 Å². The lowest BCUT2D eigenvalue weighted by Crippen LogP contribution is -2.46. The number of anilines is 2. The first-order chi connectivity index (χ1) is 23.7. The number of nitrogens with zero attached hydrogens (tertiary/aromatic N) is 6. The van der Waals surface area contributed by atoms with Gasteiger partial charge in [-0.25, -0.2) is 0 Å². The number of azo groups is 2. The molecule has 0 radical (unpaired) electrons. The van der Waals surface area contributed by atoms with Gasteiger partial charge in [-0.3, -0.25) is 0 Å². The first kappa shape index (κ1) is 34.6. The van der Waals surface area contributed by atoms with Crippen molar-refractivity contribution < 1.29 is 9.47 Å². The lowest BCUT2D eigenvalue weighted by Gasteiger charge is -2.37. The quantitative estimate of drug-likeness (QED) is 0.0796. The van der Waals surface area contributed by atoms with Gasteiger partial charge in [-0.15, -0.1) is 0 Å². The van der Waals surface area contributed by atoms with Crippen molar-refractivity contribution in [2.45, 2.75) is 65.2 Å². The number of hydrogen-bond donors (Lipinski definition) is 0. The molecule has 8 nitrogen and oxygen atoms in total. The topological polar surface area (TPSA) is 74.4 Å². The zero-order valence-corrected chi connectivity index (χ0v) is 28.6. The summed E-state index contributed by atoms with van der Waals surface area (Å²) in [4.78, 5) is 4.84. The number of unbranched alkanes of at least 4 members (excludes halogenated alkanes) is 6. The molecular weight excluding hydrogens is 596 g/mol. The maximum absolute atomic E-state index is 5.83. The Hall–Kier alpha value is -4.72. The van der Waals surface area contributed by atoms with Gasteiger partial charge in [0.25, 0.3) is 0 Å². The maximum atomic E-state index is 5.83. The van der Waals surface area contributed by atoms with Crippen LogP contribution in [0, 0.1) is 0 Å². The summed E-state index contributed by atoms with van der Waals surface area (Å²) in [6, 6.07) is 32.3. The molecule has 4 aromatic rings. The molecule has 48 heavy (non-hydrogen) atoms. The van der Waals surface area contributed by atoms with Crippen LogP contribution < -0.4 is 19.3 Å². The average Bonchev–Trinajstić information content (AvgIpc) is 3.14. The molecule has 5 rings (SSSR count). The van der Waals surface area contributed by atoms with Gasteiger partial charge in [0.2, 0.25) is 0 Å². The zero-order valence-electron chi connectivity index (χ0n) is 28.6. The van der Waals surface area contributed by atoms with Crippen LogP contribution in [-0.4, -0.2) is 39.4 Å². The van der Waals surface area contributed by atoms with E-state index in [1.165, 1.54) is 49.9 Å². The van der Waals surface area contributed by atoms with Crippen molar-refractivity contribution in [1.29, 1.82) is 0 Å². The Morgan fingerprint density at radius 2 is 0.729 bits per heavy atom. The number of ether oxygens (including phenoxy) is 2. The maximum Gasteiger partial charge on any atom is 0.119 e. The van der Waals surface area contributed by atoms with Crippen molar-refractivity contribution in [3.8, 4) is 11.5 Å². The zero-order chi connectivity index (χ0) is 33.2. The third-order valence-corrected chi connectivity index (χ3v) is 8.48. The van der Waals surface area contributed by atoms with E-state index in [0.717, 1.165) is 86.5 Å². The lowest BCUT2D eigenvalue weighted by atomic mass is 10.2. The molecule has 0 spiro atoms. The van der Waals surface area contributed by atoms with Crippen LogP contribution in [0.15, 0.2) is 118 Å². The second-order valence-electron chi connectivity index (χ2n) is 12.2. The van der Waals surface area contributed by atoms with Gasteiger partial charge in [0.15, 0.2) is 0 Å². The van der Waals surface area contributed by atoms with Crippen LogP contribution in [0.2, 0.25) is 0 Å². The molecule has 0 aromatic heterocycles. The molecule has 1 saturated heterocycles. The van der Waals surface area contributed by atoms with E-state index in [9.17, 15) is 0 Å². The van der Waals surface area contributed by atoms with E-state index >= 15 is 0 Å². The Labute approximate surface area is 286 Å². The van der Waals surface area contributed by atoms with Crippen LogP contribution in [0.4, 0.5) is 34.1 Å². The number of rotatable bonds is 18. The Morgan fingerprint density at radius 3 is 1.04 bits per heavy atom. The van der Waals surface area contributed by atoms with Gasteiger partial charge in [-0.1, -0.05) is 52.4 Å². The second-order valence-corrected chi connectivity index (χ2v) is 12.2. The van der Waals surface area contributed by atoms with Crippen molar-refractivity contribution in [2.24, 2.45) is 20.5 Å². The van der Waals surface area contributed by atoms with Gasteiger partial charge in [0.05, 0.1) is 36.0 Å². The van der Waals surface area contributed by atoms with Gasteiger partial charge in [-0.2, -0.15) is 20.5 Å². The molecule has 0 bridgehead atoms. The first-order valence-electron chi connectivity index (χ1n) is 17.7. The highest BCUT2D eigenvalue weighted by atomic mass is 16.5. The monoisotopic (exact) mass is 646 g/mol. The largest absolute Gasteiger partial charge is 0.494 e. The molecule has 0 saturated carbocycles. The SMILES string of the molecule is CCCCCCOc1ccc(/N=N/c2ccc(N3CCN(c4ccc(/N=N/c5ccc(OCCCCCC)cc5)cc4)CC3)cc2)cc1. The molecule has 1 aliphatic heterocycles. The summed E-state index contributed by atoms with van der Waals surface area (Å²) < 4.78 is 11.7. The summed E-state index contributed by atoms with van der Waals surface area (Å²) in [6.45, 7) is 9.76. The first-order valence-corrected chi connectivity index (χ1v) is 17.7. The van der Waals surface area contributed by atoms with Crippen LogP contribution in [0.5, 0.6) is 11.5 Å². The van der Waals surface area contributed by atoms with Crippen molar-refractivity contribution in [2.75, 3.05) is 49.2 Å². The highest BCUT2D eigenvalue weighted by Crippen LogP contribution is 2.27. The molecule has 0 unspecified atom stereocenters. The van der Waals surface area contributed by atoms with Crippen LogP contribution in [0.25, 0.3) is 0 Å². The van der Waals surface area contributed by atoms with Crippen molar-refractivity contribution in [3.63, 3.8) is 0 Å². The smallest absolute Gasteiger partial charge is 0.119 e. The molecule has 1 fully saturated rings. The van der Waals surface area contributed by atoms with Crippen LogP contribution in [0.1, 0.15) is 65.2 Å². The molecule has 0 N–H and O–H groups in total. The van der Waals surface area contributed by atoms with E-state index in [1.54, 1.807) is 0 Å². The molecule has 0 aliphatic carbocycles. The molecule has 1 aliphatic rings. The molecule has 4 aromatic carbocycles. The molecular formula is C40H50N6O2. The number of piperazine rings is 1. The highest BCUT2D eigenvalue weighted by molar-refractivity contribution is 5.57. The average molecular weight is 647 g/mol. The minimum absolute atomic E-state index is 0.760. The van der Waals surface area contributed by atoms with E-state index in [-0.39, 0.29) is 0 Å². The standard InChI is InChI=1S/C40H50N6O2/c1-3-5-7-9-31-47-39-23-15-35(16-24-39)43-41-33-11-19-37(20-12-33)45-27-29-46(30-28-45)38-21-13-34(14-22-38)42-44-36-17-25-40(26-18-36)48-32-10-8-6-4-2/h11-26H,3-10,27-32H2,1-2H3/b43-41+,44-42+. The predicted molar refractivity (Wildman–Crippen MR) is 198 cm³/mol. The van der Waals surface area contributed by atoms with Crippen LogP contribution >= 0.6 is 0 Å². The van der Waals surface area contributed by atoms with Gasteiger partial charge in [0.1, 0.15) is 11.5 Å². The Bertz CT molecular complexity index is 1410. The van der Waals surface area contributed by atoms with Gasteiger partial charge < -0.3 is 19.3 Å². The van der Waals surface area contributed by atoms with Crippen molar-refractivity contribution >= 4 is 34.1 Å². The van der Waals surface area contributed by atoms with E-state index in [0.29, 0.717) is 0 Å². The Kier molecular flexibility index (Phi) is 13.8. The third-order valence-electron chi connectivity index (χ3n) is 8.48. The van der Waals surface area contributed by atoms with Gasteiger partial charge >= 0.3 is 0 Å². The van der Waals surface area contributed by atoms with Gasteiger partial charge in [-0.05, 0) is 110 Å². The van der Waals surface area contributed by atoms with E-state index < -0.39 is 0 Å². The fraction of sp³-hybridized carbons (Fsp3) is 0.400. The van der Waals surface area contributed by atoms with Gasteiger partial charge in [0, 0.05) is 37.6 Å². The number of hydrogen-bond acceptors (Lipinski definition) is 8.